The molecular formula is C11H16N2O3. The standard InChI is InChI=1S/C11H16N2O3/c1-3-16-10-5-4-9(6-8(10)7-14)13-11(15)12-2/h4-6,14H,3,7H2,1-2H3,(H2,12,13,15). The van der Waals surface area contributed by atoms with Crippen molar-refractivity contribution in [2.45, 2.75) is 13.5 Å². The average molecular weight is 224 g/mol. The number of amides is 2. The maximum atomic E-state index is 11.1. The molecule has 0 bridgehead atoms. The number of aliphatic hydroxyl groups is 1. The topological polar surface area (TPSA) is 70.6 Å². The molecule has 5 heteroatoms. The summed E-state index contributed by atoms with van der Waals surface area (Å²) in [5, 5.41) is 14.2. The molecule has 0 radical (unpaired) electrons. The van der Waals surface area contributed by atoms with Gasteiger partial charge in [-0.2, -0.15) is 0 Å². The third kappa shape index (κ3) is 3.13. The molecule has 0 unspecified atom stereocenters. The van der Waals surface area contributed by atoms with Crippen LogP contribution in [0.4, 0.5) is 10.5 Å². The molecule has 0 saturated carbocycles. The van der Waals surface area contributed by atoms with E-state index in [0.717, 1.165) is 0 Å². The fourth-order valence-corrected chi connectivity index (χ4v) is 1.27. The van der Waals surface area contributed by atoms with Crippen molar-refractivity contribution in [3.05, 3.63) is 23.8 Å². The van der Waals surface area contributed by atoms with Crippen molar-refractivity contribution in [3.63, 3.8) is 0 Å². The van der Waals surface area contributed by atoms with Gasteiger partial charge < -0.3 is 20.5 Å². The van der Waals surface area contributed by atoms with Crippen LogP contribution >= 0.6 is 0 Å². The van der Waals surface area contributed by atoms with Gasteiger partial charge in [-0.25, -0.2) is 4.79 Å². The number of urea groups is 1. The molecule has 5 nitrogen and oxygen atoms in total. The fraction of sp³-hybridized carbons (Fsp3) is 0.364. The van der Waals surface area contributed by atoms with Gasteiger partial charge in [0.15, 0.2) is 0 Å². The van der Waals surface area contributed by atoms with Crippen molar-refractivity contribution >= 4 is 11.7 Å². The quantitative estimate of drug-likeness (QED) is 0.722. The Labute approximate surface area is 94.4 Å². The number of nitrogens with one attached hydrogen (secondary N) is 2. The van der Waals surface area contributed by atoms with Crippen LogP contribution in [-0.2, 0) is 6.61 Å². The summed E-state index contributed by atoms with van der Waals surface area (Å²) in [7, 11) is 1.54. The number of hydrogen-bond acceptors (Lipinski definition) is 3. The molecule has 0 aliphatic rings. The van der Waals surface area contributed by atoms with Gasteiger partial charge in [0.1, 0.15) is 5.75 Å². The van der Waals surface area contributed by atoms with Gasteiger partial charge in [0.2, 0.25) is 0 Å². The molecule has 3 N–H and O–H groups in total. The second-order valence-corrected chi connectivity index (χ2v) is 3.12. The van der Waals surface area contributed by atoms with E-state index in [-0.39, 0.29) is 12.6 Å². The number of rotatable bonds is 4. The molecule has 88 valence electrons. The zero-order chi connectivity index (χ0) is 12.0. The maximum Gasteiger partial charge on any atom is 0.318 e. The summed E-state index contributed by atoms with van der Waals surface area (Å²) in [4.78, 5) is 11.1. The van der Waals surface area contributed by atoms with Crippen LogP contribution in [0.15, 0.2) is 18.2 Å². The number of hydrogen-bond donors (Lipinski definition) is 3. The molecule has 0 heterocycles. The zero-order valence-electron chi connectivity index (χ0n) is 9.41. The average Bonchev–Trinajstić information content (AvgIpc) is 2.31. The smallest absolute Gasteiger partial charge is 0.318 e. The van der Waals surface area contributed by atoms with E-state index in [1.165, 1.54) is 7.05 Å². The van der Waals surface area contributed by atoms with E-state index in [1.807, 2.05) is 6.92 Å². The highest BCUT2D eigenvalue weighted by Crippen LogP contribution is 2.22. The lowest BCUT2D eigenvalue weighted by molar-refractivity contribution is 0.253. The number of benzene rings is 1. The number of aliphatic hydroxyl groups excluding tert-OH is 1. The minimum Gasteiger partial charge on any atom is -0.494 e. The molecule has 0 aliphatic heterocycles. The number of carbonyl (C=O) groups excluding carboxylic acids is 1. The maximum absolute atomic E-state index is 11.1. The molecule has 0 spiro atoms. The number of anilines is 1. The fourth-order valence-electron chi connectivity index (χ4n) is 1.27. The van der Waals surface area contributed by atoms with Crippen LogP contribution in [0.25, 0.3) is 0 Å². The van der Waals surface area contributed by atoms with Crippen LogP contribution in [0.3, 0.4) is 0 Å². The summed E-state index contributed by atoms with van der Waals surface area (Å²) in [6, 6.07) is 4.83. The van der Waals surface area contributed by atoms with Gasteiger partial charge in [-0.05, 0) is 25.1 Å². The predicted molar refractivity (Wildman–Crippen MR) is 61.6 cm³/mol. The molecule has 2 amide bonds. The first-order valence-corrected chi connectivity index (χ1v) is 5.06. The first-order chi connectivity index (χ1) is 7.71. The minimum atomic E-state index is -0.298. The van der Waals surface area contributed by atoms with Crippen molar-refractivity contribution in [2.24, 2.45) is 0 Å². The highest BCUT2D eigenvalue weighted by atomic mass is 16.5. The Morgan fingerprint density at radius 1 is 1.50 bits per heavy atom. The van der Waals surface area contributed by atoms with E-state index in [9.17, 15) is 4.79 Å². The summed E-state index contributed by atoms with van der Waals surface area (Å²) < 4.78 is 5.33. The lowest BCUT2D eigenvalue weighted by Crippen LogP contribution is -2.24. The van der Waals surface area contributed by atoms with Gasteiger partial charge in [0.05, 0.1) is 13.2 Å². The van der Waals surface area contributed by atoms with Gasteiger partial charge in [-0.3, -0.25) is 0 Å². The SMILES string of the molecule is CCOc1ccc(NC(=O)NC)cc1CO. The Kier molecular flexibility index (Phi) is 4.60. The van der Waals surface area contributed by atoms with Crippen LogP contribution in [0.5, 0.6) is 5.75 Å². The number of ether oxygens (including phenoxy) is 1. The Balaban J connectivity index is 2.86. The lowest BCUT2D eigenvalue weighted by Gasteiger charge is -2.11. The molecule has 0 saturated heterocycles. The summed E-state index contributed by atoms with van der Waals surface area (Å²) in [5.74, 6) is 0.632. The molecule has 0 aromatic heterocycles. The normalized spacial score (nSPS) is 9.69. The second-order valence-electron chi connectivity index (χ2n) is 3.12. The Bertz CT molecular complexity index is 366. The molecule has 16 heavy (non-hydrogen) atoms. The highest BCUT2D eigenvalue weighted by molar-refractivity contribution is 5.89. The summed E-state index contributed by atoms with van der Waals surface area (Å²) >= 11 is 0. The van der Waals surface area contributed by atoms with Gasteiger partial charge >= 0.3 is 6.03 Å². The van der Waals surface area contributed by atoms with Crippen molar-refractivity contribution < 1.29 is 14.6 Å². The summed E-state index contributed by atoms with van der Waals surface area (Å²) in [6.07, 6.45) is 0. The van der Waals surface area contributed by atoms with Gasteiger partial charge in [-0.15, -0.1) is 0 Å². The van der Waals surface area contributed by atoms with Gasteiger partial charge in [0.25, 0.3) is 0 Å². The molecule has 1 aromatic carbocycles. The van der Waals surface area contributed by atoms with E-state index in [0.29, 0.717) is 23.6 Å². The van der Waals surface area contributed by atoms with E-state index in [4.69, 9.17) is 9.84 Å². The van der Waals surface area contributed by atoms with Gasteiger partial charge in [0, 0.05) is 18.3 Å². The first-order valence-electron chi connectivity index (χ1n) is 5.06. The van der Waals surface area contributed by atoms with E-state index in [1.54, 1.807) is 18.2 Å². The summed E-state index contributed by atoms with van der Waals surface area (Å²) in [5.41, 5.74) is 1.27. The van der Waals surface area contributed by atoms with Crippen LogP contribution in [-0.4, -0.2) is 24.8 Å². The van der Waals surface area contributed by atoms with E-state index in [2.05, 4.69) is 10.6 Å². The zero-order valence-corrected chi connectivity index (χ0v) is 9.41. The van der Waals surface area contributed by atoms with Crippen molar-refractivity contribution in [3.8, 4) is 5.75 Å². The molecule has 1 aromatic rings. The Hall–Kier alpha value is -1.75. The van der Waals surface area contributed by atoms with Gasteiger partial charge in [-0.1, -0.05) is 0 Å². The van der Waals surface area contributed by atoms with E-state index < -0.39 is 0 Å². The highest BCUT2D eigenvalue weighted by Gasteiger charge is 2.05. The van der Waals surface area contributed by atoms with E-state index >= 15 is 0 Å². The predicted octanol–water partition coefficient (Wildman–Crippen LogP) is 1.33. The molecule has 0 fully saturated rings. The Morgan fingerprint density at radius 2 is 2.25 bits per heavy atom. The molecular weight excluding hydrogens is 208 g/mol. The van der Waals surface area contributed by atoms with Crippen LogP contribution in [0.2, 0.25) is 0 Å². The lowest BCUT2D eigenvalue weighted by atomic mass is 10.2. The van der Waals surface area contributed by atoms with Crippen molar-refractivity contribution in [2.75, 3.05) is 19.0 Å². The molecule has 0 aliphatic carbocycles. The summed E-state index contributed by atoms with van der Waals surface area (Å²) in [6.45, 7) is 2.28. The third-order valence-electron chi connectivity index (χ3n) is 2.02. The van der Waals surface area contributed by atoms with Crippen LogP contribution < -0.4 is 15.4 Å². The van der Waals surface area contributed by atoms with Crippen LogP contribution in [0, 0.1) is 0 Å². The third-order valence-corrected chi connectivity index (χ3v) is 2.02. The molecule has 0 atom stereocenters. The second kappa shape index (κ2) is 5.97. The van der Waals surface area contributed by atoms with Crippen molar-refractivity contribution in [1.82, 2.24) is 5.32 Å². The Morgan fingerprint density at radius 3 is 2.81 bits per heavy atom. The molecule has 1 rings (SSSR count). The largest absolute Gasteiger partial charge is 0.494 e. The number of carbonyl (C=O) groups is 1. The first kappa shape index (κ1) is 12.3. The van der Waals surface area contributed by atoms with Crippen molar-refractivity contribution in [1.29, 1.82) is 0 Å². The van der Waals surface area contributed by atoms with Crippen LogP contribution in [0.1, 0.15) is 12.5 Å². The monoisotopic (exact) mass is 224 g/mol. The minimum absolute atomic E-state index is 0.126.